The number of aryl methyl sites for hydroxylation is 1. The van der Waals surface area contributed by atoms with Gasteiger partial charge in [0.25, 0.3) is 0 Å². The van der Waals surface area contributed by atoms with Gasteiger partial charge in [-0.3, -0.25) is 19.0 Å². The molecule has 0 saturated carbocycles. The standard InChI is InChI=1S/C35H48F2N4O7S2/c1-4-8-28(9-5-2)50(47,48)22-30(39-32(43)12-13-41-33(44)21-49-35(41)46)34(45)40(19-24-11-7-10-23(6-3)14-24)20-31(42)29(38)17-25-15-26(36)18-27(37)16-25/h7,10-11,14-16,18,21,28-31,42,44H,4-6,8-9,12-13,17,19-20,22,38H2,1-3H3,(H,39,43)/t29-,30?,31?/m0/s1. The Morgan fingerprint density at radius 1 is 1.02 bits per heavy atom. The molecule has 0 radical (unpaired) electrons. The summed E-state index contributed by atoms with van der Waals surface area (Å²) in [6.45, 7) is 5.03. The number of nitrogens with one attached hydrogen (secondary N) is 1. The second-order valence-corrected chi connectivity index (χ2v) is 15.7. The Hall–Kier alpha value is -3.66. The van der Waals surface area contributed by atoms with Gasteiger partial charge in [0.15, 0.2) is 9.84 Å². The number of hydrogen-bond donors (Lipinski definition) is 4. The van der Waals surface area contributed by atoms with Gasteiger partial charge in [0.2, 0.25) is 17.7 Å². The van der Waals surface area contributed by atoms with Crippen LogP contribution in [0.15, 0.2) is 52.6 Å². The van der Waals surface area contributed by atoms with Crippen LogP contribution in [0.1, 0.15) is 69.6 Å². The second-order valence-electron chi connectivity index (χ2n) is 12.5. The molecule has 2 aromatic carbocycles. The van der Waals surface area contributed by atoms with Gasteiger partial charge in [-0.2, -0.15) is 0 Å². The number of carbonyl (C=O) groups is 2. The van der Waals surface area contributed by atoms with Crippen molar-refractivity contribution in [3.8, 4) is 5.88 Å². The van der Waals surface area contributed by atoms with E-state index in [9.17, 15) is 41.8 Å². The molecule has 2 amide bonds. The van der Waals surface area contributed by atoms with Crippen molar-refractivity contribution in [2.75, 3.05) is 12.3 Å². The predicted octanol–water partition coefficient (Wildman–Crippen LogP) is 3.67. The number of benzene rings is 2. The lowest BCUT2D eigenvalue weighted by Gasteiger charge is -2.32. The number of halogens is 2. The summed E-state index contributed by atoms with van der Waals surface area (Å²) in [5, 5.41) is 24.2. The zero-order chi connectivity index (χ0) is 37.0. The van der Waals surface area contributed by atoms with Crippen LogP contribution in [-0.4, -0.2) is 75.6 Å². The summed E-state index contributed by atoms with van der Waals surface area (Å²) in [7, 11) is -3.93. The van der Waals surface area contributed by atoms with Crippen molar-refractivity contribution in [1.82, 2.24) is 14.8 Å². The van der Waals surface area contributed by atoms with Crippen LogP contribution in [0.5, 0.6) is 5.88 Å². The third-order valence-electron chi connectivity index (χ3n) is 8.47. The number of carbonyl (C=O) groups excluding carboxylic acids is 2. The van der Waals surface area contributed by atoms with E-state index < -0.39 is 67.3 Å². The molecule has 5 N–H and O–H groups in total. The number of rotatable bonds is 20. The molecule has 2 unspecified atom stereocenters. The monoisotopic (exact) mass is 738 g/mol. The zero-order valence-corrected chi connectivity index (χ0v) is 30.3. The van der Waals surface area contributed by atoms with E-state index in [2.05, 4.69) is 5.32 Å². The lowest BCUT2D eigenvalue weighted by atomic mass is 10.0. The van der Waals surface area contributed by atoms with Gasteiger partial charge in [-0.1, -0.05) is 69.2 Å². The van der Waals surface area contributed by atoms with Gasteiger partial charge in [0.1, 0.15) is 17.7 Å². The van der Waals surface area contributed by atoms with Gasteiger partial charge in [0, 0.05) is 38.2 Å². The highest BCUT2D eigenvalue weighted by Crippen LogP contribution is 2.20. The summed E-state index contributed by atoms with van der Waals surface area (Å²) in [4.78, 5) is 40.4. The molecule has 15 heteroatoms. The van der Waals surface area contributed by atoms with Crippen LogP contribution in [0.2, 0.25) is 0 Å². The fraction of sp³-hybridized carbons (Fsp3) is 0.514. The first-order valence-corrected chi connectivity index (χ1v) is 19.4. The number of amides is 2. The van der Waals surface area contributed by atoms with Gasteiger partial charge >= 0.3 is 4.87 Å². The summed E-state index contributed by atoms with van der Waals surface area (Å²) in [6, 6.07) is 7.63. The van der Waals surface area contributed by atoms with Gasteiger partial charge < -0.3 is 26.2 Å². The van der Waals surface area contributed by atoms with Crippen molar-refractivity contribution in [1.29, 1.82) is 0 Å². The van der Waals surface area contributed by atoms with Gasteiger partial charge in [-0.25, -0.2) is 17.2 Å². The molecule has 50 heavy (non-hydrogen) atoms. The quantitative estimate of drug-likeness (QED) is 0.136. The van der Waals surface area contributed by atoms with E-state index in [0.717, 1.165) is 33.6 Å². The van der Waals surface area contributed by atoms with E-state index in [1.807, 2.05) is 39.0 Å². The Bertz CT molecular complexity index is 1720. The number of aliphatic hydroxyl groups excluding tert-OH is 1. The molecule has 3 atom stereocenters. The summed E-state index contributed by atoms with van der Waals surface area (Å²) in [5.41, 5.74) is 8.12. The van der Waals surface area contributed by atoms with Crippen LogP contribution in [0.3, 0.4) is 0 Å². The highest BCUT2D eigenvalue weighted by molar-refractivity contribution is 7.92. The van der Waals surface area contributed by atoms with Crippen LogP contribution in [0, 0.1) is 11.6 Å². The first-order chi connectivity index (χ1) is 23.7. The maximum absolute atomic E-state index is 14.4. The fourth-order valence-corrected chi connectivity index (χ4v) is 8.62. The number of thiazole rings is 1. The largest absolute Gasteiger partial charge is 0.494 e. The molecule has 1 heterocycles. The minimum atomic E-state index is -3.93. The maximum atomic E-state index is 14.4. The van der Waals surface area contributed by atoms with Crippen molar-refractivity contribution in [2.45, 2.75) is 102 Å². The molecule has 0 fully saturated rings. The van der Waals surface area contributed by atoms with Gasteiger partial charge in [-0.15, -0.1) is 0 Å². The predicted molar refractivity (Wildman–Crippen MR) is 189 cm³/mol. The molecule has 0 aliphatic carbocycles. The molecule has 1 aromatic heterocycles. The third kappa shape index (κ3) is 12.0. The molecule has 0 aliphatic heterocycles. The van der Waals surface area contributed by atoms with E-state index in [1.165, 1.54) is 10.3 Å². The fourth-order valence-electron chi connectivity index (χ4n) is 5.82. The number of nitrogens with two attached hydrogens (primary N) is 1. The SMILES string of the molecule is CCCC(CCC)S(=O)(=O)CC(NC(=O)CCn1c(O)csc1=O)C(=O)N(Cc1cccc(CC)c1)CC(O)[C@@H](N)Cc1cc(F)cc(F)c1. The van der Waals surface area contributed by atoms with E-state index in [-0.39, 0.29) is 43.9 Å². The van der Waals surface area contributed by atoms with E-state index in [4.69, 9.17) is 5.73 Å². The lowest BCUT2D eigenvalue weighted by molar-refractivity contribution is -0.137. The number of hydrogen-bond acceptors (Lipinski definition) is 9. The van der Waals surface area contributed by atoms with Crippen molar-refractivity contribution in [3.05, 3.63) is 85.8 Å². The number of aliphatic hydroxyl groups is 1. The Kier molecular flexibility index (Phi) is 15.6. The molecule has 0 saturated heterocycles. The normalized spacial score (nSPS) is 13.6. The Morgan fingerprint density at radius 2 is 1.66 bits per heavy atom. The van der Waals surface area contributed by atoms with Crippen molar-refractivity contribution < 1.29 is 37.0 Å². The molecule has 0 bridgehead atoms. The van der Waals surface area contributed by atoms with Crippen LogP contribution < -0.4 is 15.9 Å². The van der Waals surface area contributed by atoms with Crippen LogP contribution in [-0.2, 0) is 45.4 Å². The van der Waals surface area contributed by atoms with Crippen LogP contribution in [0.25, 0.3) is 0 Å². The lowest BCUT2D eigenvalue weighted by Crippen LogP contribution is -2.55. The smallest absolute Gasteiger partial charge is 0.309 e. The van der Waals surface area contributed by atoms with Crippen LogP contribution >= 0.6 is 11.3 Å². The molecule has 0 spiro atoms. The summed E-state index contributed by atoms with van der Waals surface area (Å²) >= 11 is 0.753. The van der Waals surface area contributed by atoms with E-state index in [1.54, 1.807) is 6.07 Å². The summed E-state index contributed by atoms with van der Waals surface area (Å²) < 4.78 is 56.2. The van der Waals surface area contributed by atoms with E-state index >= 15 is 0 Å². The second kappa shape index (κ2) is 19.1. The van der Waals surface area contributed by atoms with Crippen molar-refractivity contribution in [3.63, 3.8) is 0 Å². The zero-order valence-electron chi connectivity index (χ0n) is 28.7. The van der Waals surface area contributed by atoms with Crippen LogP contribution in [0.4, 0.5) is 8.78 Å². The molecular weight excluding hydrogens is 691 g/mol. The number of nitrogens with zero attached hydrogens (tertiary/aromatic N) is 2. The summed E-state index contributed by atoms with van der Waals surface area (Å²) in [6.07, 6.45) is 0.754. The molecular formula is C35H48F2N4O7S2. The molecule has 11 nitrogen and oxygen atoms in total. The number of aromatic hydroxyl groups is 1. The molecule has 3 rings (SSSR count). The molecule has 0 aliphatic rings. The number of aromatic nitrogens is 1. The third-order valence-corrected chi connectivity index (χ3v) is 11.5. The number of sulfone groups is 1. The van der Waals surface area contributed by atoms with Crippen molar-refractivity contribution in [2.24, 2.45) is 5.73 Å². The maximum Gasteiger partial charge on any atom is 0.309 e. The minimum Gasteiger partial charge on any atom is -0.494 e. The van der Waals surface area contributed by atoms with Gasteiger partial charge in [0.05, 0.1) is 22.5 Å². The Balaban J connectivity index is 1.96. The highest BCUT2D eigenvalue weighted by Gasteiger charge is 2.35. The van der Waals surface area contributed by atoms with Crippen molar-refractivity contribution >= 4 is 33.0 Å². The topological polar surface area (TPSA) is 172 Å². The first kappa shape index (κ1) is 40.8. The Labute approximate surface area is 296 Å². The highest BCUT2D eigenvalue weighted by atomic mass is 32.2. The average Bonchev–Trinajstić information content (AvgIpc) is 3.38. The molecule has 3 aromatic rings. The Morgan fingerprint density at radius 3 is 2.24 bits per heavy atom. The molecule has 276 valence electrons. The van der Waals surface area contributed by atoms with E-state index in [0.29, 0.717) is 43.7 Å². The minimum absolute atomic E-state index is 0.0665. The first-order valence-electron chi connectivity index (χ1n) is 16.8. The summed E-state index contributed by atoms with van der Waals surface area (Å²) in [5.74, 6) is -4.15. The van der Waals surface area contributed by atoms with Gasteiger partial charge in [-0.05, 0) is 54.5 Å². The average molecular weight is 739 g/mol.